The second kappa shape index (κ2) is 11.9. The minimum atomic E-state index is -1.48. The van der Waals surface area contributed by atoms with E-state index in [0.717, 1.165) is 30.3 Å². The maximum absolute atomic E-state index is 13.3. The van der Waals surface area contributed by atoms with Crippen LogP contribution in [0.5, 0.6) is 0 Å². The van der Waals surface area contributed by atoms with Crippen LogP contribution >= 0.6 is 11.6 Å². The molecule has 0 saturated carbocycles. The van der Waals surface area contributed by atoms with Gasteiger partial charge >= 0.3 is 0 Å². The molecule has 2 heterocycles. The first-order valence-electron chi connectivity index (χ1n) is 10.9. The van der Waals surface area contributed by atoms with Gasteiger partial charge in [-0.3, -0.25) is 9.79 Å². The number of hydrogen-bond donors (Lipinski definition) is 2. The van der Waals surface area contributed by atoms with Gasteiger partial charge in [0.2, 0.25) is 0 Å². The Kier molecular flexibility index (Phi) is 8.86. The summed E-state index contributed by atoms with van der Waals surface area (Å²) in [6.45, 7) is 1.35. The monoisotopic (exact) mass is 531 g/mol. The third-order valence-corrected chi connectivity index (χ3v) is 6.07. The molecule has 3 aromatic rings. The topological polar surface area (TPSA) is 98.3 Å². The molecule has 1 aliphatic rings. The molecule has 0 atom stereocenters. The molecule has 0 aliphatic carbocycles. The number of hydrogen-bond acceptors (Lipinski definition) is 5. The first kappa shape index (κ1) is 27.6. The Morgan fingerprint density at radius 2 is 1.86 bits per heavy atom. The van der Waals surface area contributed by atoms with Gasteiger partial charge < -0.3 is 15.6 Å². The molecule has 1 aliphatic heterocycles. The van der Waals surface area contributed by atoms with Gasteiger partial charge in [0.15, 0.2) is 23.7 Å². The molecule has 6 nitrogen and oxygen atoms in total. The quantitative estimate of drug-likeness (QED) is 0.208. The second-order valence-electron chi connectivity index (χ2n) is 8.21. The van der Waals surface area contributed by atoms with Crippen LogP contribution < -0.4 is 5.73 Å². The number of nitrogens with two attached hydrogens (primary N) is 1. The smallest absolute Gasteiger partial charge is 0.194 e. The van der Waals surface area contributed by atoms with Crippen LogP contribution in [0.1, 0.15) is 28.0 Å². The number of aliphatic imine (C=N–C) groups is 1. The first-order valence-corrected chi connectivity index (χ1v) is 11.3. The molecule has 0 saturated heterocycles. The van der Waals surface area contributed by atoms with Crippen molar-refractivity contribution in [3.05, 3.63) is 92.9 Å². The number of H-pyrrole nitrogens is 1. The molecular formula is C26H22ClF4N5O. The predicted molar refractivity (Wildman–Crippen MR) is 133 cm³/mol. The molecule has 0 bridgehead atoms. The van der Waals surface area contributed by atoms with E-state index in [-0.39, 0.29) is 16.1 Å². The Hall–Kier alpha value is -3.94. The number of nitrogens with one attached hydrogen (secondary N) is 1. The van der Waals surface area contributed by atoms with E-state index in [1.807, 2.05) is 18.0 Å². The van der Waals surface area contributed by atoms with Crippen LogP contribution in [0.3, 0.4) is 0 Å². The number of rotatable bonds is 4. The lowest BCUT2D eigenvalue weighted by Gasteiger charge is -2.26. The van der Waals surface area contributed by atoms with Crippen molar-refractivity contribution < 1.29 is 22.4 Å². The SMILES string of the molecule is CN=C(C1=C(N)CN(C)CC1)c1cc(F)c(F)c(F)c1.N#Cc1cc(-c2cc(F)cc(C=O)c2Cl)c[nH]1. The highest BCUT2D eigenvalue weighted by molar-refractivity contribution is 6.35. The summed E-state index contributed by atoms with van der Waals surface area (Å²) in [7, 11) is 3.46. The Bertz CT molecular complexity index is 1420. The van der Waals surface area contributed by atoms with Crippen molar-refractivity contribution in [3.8, 4) is 17.2 Å². The highest BCUT2D eigenvalue weighted by Crippen LogP contribution is 2.31. The fourth-order valence-corrected chi connectivity index (χ4v) is 4.11. The zero-order valence-electron chi connectivity index (χ0n) is 19.9. The number of benzene rings is 2. The Morgan fingerprint density at radius 1 is 1.19 bits per heavy atom. The van der Waals surface area contributed by atoms with Crippen LogP contribution in [0.4, 0.5) is 17.6 Å². The molecule has 4 rings (SSSR count). The number of nitrogens with zero attached hydrogens (tertiary/aromatic N) is 3. The molecule has 0 unspecified atom stereocenters. The predicted octanol–water partition coefficient (Wildman–Crippen LogP) is 5.23. The number of halogens is 5. The van der Waals surface area contributed by atoms with E-state index in [1.165, 1.54) is 25.4 Å². The van der Waals surface area contributed by atoms with Crippen molar-refractivity contribution >= 4 is 23.6 Å². The Morgan fingerprint density at radius 3 is 2.41 bits per heavy atom. The van der Waals surface area contributed by atoms with Crippen LogP contribution in [-0.4, -0.2) is 49.1 Å². The van der Waals surface area contributed by atoms with Gasteiger partial charge in [-0.05, 0) is 49.4 Å². The average molecular weight is 532 g/mol. The maximum Gasteiger partial charge on any atom is 0.194 e. The van der Waals surface area contributed by atoms with Crippen molar-refractivity contribution in [3.63, 3.8) is 0 Å². The molecule has 0 amide bonds. The number of nitriles is 1. The molecule has 37 heavy (non-hydrogen) atoms. The summed E-state index contributed by atoms with van der Waals surface area (Å²) < 4.78 is 53.0. The third kappa shape index (κ3) is 6.25. The number of aromatic nitrogens is 1. The van der Waals surface area contributed by atoms with Gasteiger partial charge in [-0.15, -0.1) is 0 Å². The lowest BCUT2D eigenvalue weighted by molar-refractivity contribution is 0.112. The standard InChI is InChI=1S/C14H16F3N3.C12H6ClFN2O/c1-19-14(9-3-4-20(2)7-12(9)18)8-5-10(15)13(17)11(16)6-8;13-12-8(6-17)1-9(14)3-11(12)7-2-10(4-15)16-5-7/h5-6H,3-4,7,18H2,1-2H3;1-3,5-6,16H. The zero-order valence-corrected chi connectivity index (χ0v) is 20.6. The highest BCUT2D eigenvalue weighted by atomic mass is 35.5. The fourth-order valence-electron chi connectivity index (χ4n) is 3.85. The number of aromatic amines is 1. The van der Waals surface area contributed by atoms with Crippen LogP contribution in [-0.2, 0) is 0 Å². The van der Waals surface area contributed by atoms with Gasteiger partial charge in [0.05, 0.1) is 10.7 Å². The van der Waals surface area contributed by atoms with Crippen LogP contribution in [0.15, 0.2) is 52.8 Å². The average Bonchev–Trinajstić information content (AvgIpc) is 3.35. The van der Waals surface area contributed by atoms with E-state index in [4.69, 9.17) is 22.6 Å². The van der Waals surface area contributed by atoms with Crippen molar-refractivity contribution in [2.45, 2.75) is 6.42 Å². The summed E-state index contributed by atoms with van der Waals surface area (Å²) in [6, 6.07) is 7.63. The fraction of sp³-hybridized carbons (Fsp3) is 0.192. The van der Waals surface area contributed by atoms with Crippen molar-refractivity contribution in [2.24, 2.45) is 10.7 Å². The summed E-state index contributed by atoms with van der Waals surface area (Å²) in [6.07, 6.45) is 2.66. The lowest BCUT2D eigenvalue weighted by Crippen LogP contribution is -2.33. The number of carbonyl (C=O) groups excluding carboxylic acids is 1. The molecule has 192 valence electrons. The van der Waals surface area contributed by atoms with Gasteiger partial charge in [-0.2, -0.15) is 5.26 Å². The normalized spacial score (nSPS) is 14.2. The molecule has 0 radical (unpaired) electrons. The van der Waals surface area contributed by atoms with Crippen LogP contribution in [0, 0.1) is 34.6 Å². The number of aldehydes is 1. The maximum atomic E-state index is 13.3. The molecule has 3 N–H and O–H groups in total. The minimum absolute atomic E-state index is 0.0846. The van der Waals surface area contributed by atoms with E-state index < -0.39 is 23.3 Å². The lowest BCUT2D eigenvalue weighted by atomic mass is 9.95. The van der Waals surface area contributed by atoms with Crippen molar-refractivity contribution in [2.75, 3.05) is 27.2 Å². The van der Waals surface area contributed by atoms with Crippen molar-refractivity contribution in [1.29, 1.82) is 5.26 Å². The van der Waals surface area contributed by atoms with Gasteiger partial charge in [0.1, 0.15) is 17.6 Å². The van der Waals surface area contributed by atoms with Gasteiger partial charge in [-0.1, -0.05) is 11.6 Å². The minimum Gasteiger partial charge on any atom is -0.401 e. The molecule has 2 aromatic carbocycles. The molecule has 0 fully saturated rings. The molecule has 1 aromatic heterocycles. The summed E-state index contributed by atoms with van der Waals surface area (Å²) in [5.74, 6) is -4.48. The Balaban J connectivity index is 0.000000208. The summed E-state index contributed by atoms with van der Waals surface area (Å²) in [5.41, 5.74) is 9.34. The highest BCUT2D eigenvalue weighted by Gasteiger charge is 2.21. The summed E-state index contributed by atoms with van der Waals surface area (Å²) >= 11 is 5.97. The van der Waals surface area contributed by atoms with E-state index in [0.29, 0.717) is 47.5 Å². The first-order chi connectivity index (χ1) is 17.6. The molecule has 0 spiro atoms. The van der Waals surface area contributed by atoms with E-state index in [9.17, 15) is 22.4 Å². The van der Waals surface area contributed by atoms with Crippen molar-refractivity contribution in [1.82, 2.24) is 9.88 Å². The van der Waals surface area contributed by atoms with E-state index in [1.54, 1.807) is 0 Å². The number of likely N-dealkylation sites (N-methyl/N-ethyl adjacent to an activating group) is 1. The third-order valence-electron chi connectivity index (χ3n) is 5.65. The zero-order chi connectivity index (χ0) is 27.3. The second-order valence-corrected chi connectivity index (χ2v) is 8.58. The van der Waals surface area contributed by atoms with Gasteiger partial charge in [-0.25, -0.2) is 17.6 Å². The van der Waals surface area contributed by atoms with Crippen LogP contribution in [0.2, 0.25) is 5.02 Å². The summed E-state index contributed by atoms with van der Waals surface area (Å²) in [5, 5.41) is 8.85. The van der Waals surface area contributed by atoms with Gasteiger partial charge in [0.25, 0.3) is 0 Å². The molecule has 11 heteroatoms. The summed E-state index contributed by atoms with van der Waals surface area (Å²) in [4.78, 5) is 19.5. The largest absolute Gasteiger partial charge is 0.401 e. The van der Waals surface area contributed by atoms with Crippen LogP contribution in [0.25, 0.3) is 11.1 Å². The van der Waals surface area contributed by atoms with E-state index >= 15 is 0 Å². The Labute approximate surface area is 215 Å². The number of carbonyl (C=O) groups is 1. The molecular weight excluding hydrogens is 510 g/mol. The van der Waals surface area contributed by atoms with E-state index in [2.05, 4.69) is 9.98 Å². The van der Waals surface area contributed by atoms with Gasteiger partial charge in [0, 0.05) is 54.3 Å².